The van der Waals surface area contributed by atoms with Crippen LogP contribution in [0, 0.1) is 0 Å². The van der Waals surface area contributed by atoms with E-state index in [9.17, 15) is 0 Å². The molecule has 4 heteroatoms. The van der Waals surface area contributed by atoms with Gasteiger partial charge in [-0.05, 0) is 22.0 Å². The SMILES string of the molecule is Nc1ccc(Br)c[n+]1N. The molecule has 0 radical (unpaired) electrons. The van der Waals surface area contributed by atoms with Gasteiger partial charge in [-0.15, -0.1) is 4.68 Å². The van der Waals surface area contributed by atoms with E-state index in [0.717, 1.165) is 4.47 Å². The van der Waals surface area contributed by atoms with Crippen molar-refractivity contribution in [2.45, 2.75) is 0 Å². The number of nitrogens with two attached hydrogens (primary N) is 2. The summed E-state index contributed by atoms with van der Waals surface area (Å²) in [5.74, 6) is 5.92. The van der Waals surface area contributed by atoms with Crippen LogP contribution in [-0.2, 0) is 0 Å². The van der Waals surface area contributed by atoms with Gasteiger partial charge in [-0.2, -0.15) is 0 Å². The highest BCUT2D eigenvalue weighted by atomic mass is 79.9. The van der Waals surface area contributed by atoms with E-state index in [4.69, 9.17) is 11.6 Å². The van der Waals surface area contributed by atoms with Crippen LogP contribution in [0.25, 0.3) is 0 Å². The maximum Gasteiger partial charge on any atom is 0.295 e. The maximum atomic E-state index is 5.41. The highest BCUT2D eigenvalue weighted by Gasteiger charge is 1.97. The predicted octanol–water partition coefficient (Wildman–Crippen LogP) is 0.0326. The third-order valence-electron chi connectivity index (χ3n) is 0.974. The molecule has 1 rings (SSSR count). The van der Waals surface area contributed by atoms with Crippen molar-refractivity contribution in [1.29, 1.82) is 0 Å². The Balaban J connectivity index is 3.17. The molecule has 9 heavy (non-hydrogen) atoms. The van der Waals surface area contributed by atoms with Gasteiger partial charge < -0.3 is 0 Å². The molecule has 0 aromatic carbocycles. The van der Waals surface area contributed by atoms with Crippen LogP contribution in [0.1, 0.15) is 0 Å². The van der Waals surface area contributed by atoms with E-state index in [2.05, 4.69) is 15.9 Å². The first-order valence-electron chi connectivity index (χ1n) is 2.42. The lowest BCUT2D eigenvalue weighted by Crippen LogP contribution is -2.46. The molecular formula is C5H7BrN3+. The number of hydrogen-bond acceptors (Lipinski definition) is 2. The first-order chi connectivity index (χ1) is 4.20. The summed E-state index contributed by atoms with van der Waals surface area (Å²) in [5, 5.41) is 0. The van der Waals surface area contributed by atoms with Gasteiger partial charge in [-0.3, -0.25) is 11.6 Å². The normalized spacial score (nSPS) is 9.44. The quantitative estimate of drug-likeness (QED) is 0.447. The van der Waals surface area contributed by atoms with Crippen LogP contribution < -0.4 is 16.3 Å². The molecule has 0 aliphatic rings. The predicted molar refractivity (Wildman–Crippen MR) is 38.9 cm³/mol. The molecule has 0 saturated carbocycles. The Labute approximate surface area is 61.4 Å². The molecule has 4 N–H and O–H groups in total. The molecule has 0 amide bonds. The van der Waals surface area contributed by atoms with Gasteiger partial charge in [0.2, 0.25) is 0 Å². The molecule has 0 aliphatic heterocycles. The summed E-state index contributed by atoms with van der Waals surface area (Å²) in [7, 11) is 0. The van der Waals surface area contributed by atoms with Crippen molar-refractivity contribution in [1.82, 2.24) is 0 Å². The molecule has 0 spiro atoms. The van der Waals surface area contributed by atoms with Crippen molar-refractivity contribution in [2.24, 2.45) is 0 Å². The van der Waals surface area contributed by atoms with Crippen LogP contribution in [0.5, 0.6) is 0 Å². The second kappa shape index (κ2) is 2.23. The Morgan fingerprint density at radius 2 is 2.11 bits per heavy atom. The van der Waals surface area contributed by atoms with Crippen molar-refractivity contribution in [3.05, 3.63) is 22.8 Å². The molecule has 3 nitrogen and oxygen atoms in total. The van der Waals surface area contributed by atoms with Crippen LogP contribution in [0.15, 0.2) is 22.8 Å². The fraction of sp³-hybridized carbons (Fsp3) is 0. The summed E-state index contributed by atoms with van der Waals surface area (Å²) in [6, 6.07) is 3.56. The average molecular weight is 189 g/mol. The van der Waals surface area contributed by atoms with Crippen LogP contribution >= 0.6 is 15.9 Å². The third-order valence-corrected chi connectivity index (χ3v) is 1.44. The van der Waals surface area contributed by atoms with Gasteiger partial charge >= 0.3 is 0 Å². The molecule has 0 saturated heterocycles. The lowest BCUT2D eigenvalue weighted by atomic mass is 10.5. The van der Waals surface area contributed by atoms with Crippen LogP contribution in [-0.4, -0.2) is 0 Å². The van der Waals surface area contributed by atoms with E-state index in [0.29, 0.717) is 5.82 Å². The Bertz CT molecular complexity index is 223. The molecule has 0 fully saturated rings. The van der Waals surface area contributed by atoms with E-state index in [1.807, 2.05) is 6.07 Å². The highest BCUT2D eigenvalue weighted by molar-refractivity contribution is 9.10. The second-order valence-corrected chi connectivity index (χ2v) is 2.60. The summed E-state index contributed by atoms with van der Waals surface area (Å²) in [6.45, 7) is 0. The molecule has 48 valence electrons. The largest absolute Gasteiger partial charge is 0.295 e. The van der Waals surface area contributed by atoms with E-state index >= 15 is 0 Å². The van der Waals surface area contributed by atoms with Gasteiger partial charge in [0.25, 0.3) is 5.82 Å². The molecule has 1 aromatic rings. The summed E-state index contributed by atoms with van der Waals surface area (Å²) in [6.07, 6.45) is 1.69. The average Bonchev–Trinajstić information content (AvgIpc) is 1.80. The van der Waals surface area contributed by atoms with Gasteiger partial charge in [0, 0.05) is 6.07 Å². The molecular weight excluding hydrogens is 182 g/mol. The zero-order valence-corrected chi connectivity index (χ0v) is 6.30. The summed E-state index contributed by atoms with van der Waals surface area (Å²) in [4.78, 5) is 0. The zero-order valence-electron chi connectivity index (χ0n) is 4.71. The number of hydrogen-bond donors (Lipinski definition) is 2. The number of rotatable bonds is 0. The van der Waals surface area contributed by atoms with Crippen molar-refractivity contribution >= 4 is 21.7 Å². The summed E-state index contributed by atoms with van der Waals surface area (Å²) >= 11 is 3.24. The van der Waals surface area contributed by atoms with Gasteiger partial charge in [-0.25, -0.2) is 0 Å². The monoisotopic (exact) mass is 188 g/mol. The number of nitrogens with zero attached hydrogens (tertiary/aromatic N) is 1. The minimum Gasteiger partial charge on any atom is -0.285 e. The fourth-order valence-electron chi connectivity index (χ4n) is 0.501. The van der Waals surface area contributed by atoms with E-state index in [1.54, 1.807) is 12.3 Å². The topological polar surface area (TPSA) is 55.9 Å². The first kappa shape index (κ1) is 6.35. The lowest BCUT2D eigenvalue weighted by Gasteiger charge is -1.92. The molecule has 0 atom stereocenters. The van der Waals surface area contributed by atoms with Gasteiger partial charge in [0.1, 0.15) is 6.20 Å². The molecule has 1 aromatic heterocycles. The third kappa shape index (κ3) is 1.32. The standard InChI is InChI=1S/C5H6BrN3/c6-4-1-2-5(7)9(8)3-4/h1-3,7H,8H2/p+1. The summed E-state index contributed by atoms with van der Waals surface area (Å²) < 4.78 is 2.27. The number of anilines is 1. The highest BCUT2D eigenvalue weighted by Crippen LogP contribution is 2.05. The molecule has 1 heterocycles. The van der Waals surface area contributed by atoms with Crippen LogP contribution in [0.4, 0.5) is 5.82 Å². The van der Waals surface area contributed by atoms with Crippen molar-refractivity contribution in [3.8, 4) is 0 Å². The Hall–Kier alpha value is -0.770. The second-order valence-electron chi connectivity index (χ2n) is 1.68. The smallest absolute Gasteiger partial charge is 0.285 e. The fourth-order valence-corrected chi connectivity index (χ4v) is 0.854. The molecule has 0 bridgehead atoms. The van der Waals surface area contributed by atoms with E-state index in [-0.39, 0.29) is 0 Å². The van der Waals surface area contributed by atoms with Crippen molar-refractivity contribution in [3.63, 3.8) is 0 Å². The van der Waals surface area contributed by atoms with Crippen LogP contribution in [0.3, 0.4) is 0 Å². The Morgan fingerprint density at radius 1 is 1.44 bits per heavy atom. The first-order valence-corrected chi connectivity index (χ1v) is 3.21. The number of halogens is 1. The Morgan fingerprint density at radius 3 is 2.56 bits per heavy atom. The maximum absolute atomic E-state index is 5.41. The van der Waals surface area contributed by atoms with Gasteiger partial charge in [0.05, 0.1) is 4.47 Å². The minimum atomic E-state index is 0.540. The molecule has 0 aliphatic carbocycles. The minimum absolute atomic E-state index is 0.540. The van der Waals surface area contributed by atoms with Gasteiger partial charge in [0.15, 0.2) is 0 Å². The molecule has 0 unspecified atom stereocenters. The Kier molecular flexibility index (Phi) is 1.57. The lowest BCUT2D eigenvalue weighted by molar-refractivity contribution is -0.624. The number of nitrogen functional groups attached to an aromatic ring is 2. The van der Waals surface area contributed by atoms with Crippen molar-refractivity contribution < 1.29 is 4.68 Å². The van der Waals surface area contributed by atoms with E-state index < -0.39 is 0 Å². The zero-order chi connectivity index (χ0) is 6.85. The van der Waals surface area contributed by atoms with E-state index in [1.165, 1.54) is 4.68 Å². The number of pyridine rings is 1. The van der Waals surface area contributed by atoms with Crippen molar-refractivity contribution in [2.75, 3.05) is 11.6 Å². The van der Waals surface area contributed by atoms with Gasteiger partial charge in [-0.1, -0.05) is 0 Å². The number of aromatic nitrogens is 1. The summed E-state index contributed by atoms with van der Waals surface area (Å²) in [5.41, 5.74) is 5.41. The van der Waals surface area contributed by atoms with Crippen LogP contribution in [0.2, 0.25) is 0 Å².